The molecule has 7 heteroatoms. The smallest absolute Gasteiger partial charge is 0.356 e. The highest BCUT2D eigenvalue weighted by atomic mass is 16.5. The molecule has 1 aromatic heterocycles. The third kappa shape index (κ3) is 3.88. The molecule has 0 atom stereocenters. The quantitative estimate of drug-likeness (QED) is 0.765. The average Bonchev–Trinajstić information content (AvgIpc) is 3.24. The standard InChI is InChI=1S/C18H21N3O4/c1-2-25-12-18(7-8-18)17(24)19-11-13-4-3-5-14(10-13)21-9-6-15(20-21)16(22)23/h3-6,9-10H,2,7-8,11-12H2,1H3,(H,19,24)(H,22,23). The van der Waals surface area contributed by atoms with E-state index in [-0.39, 0.29) is 17.0 Å². The van der Waals surface area contributed by atoms with Crippen molar-refractivity contribution in [3.8, 4) is 5.69 Å². The predicted octanol–water partition coefficient (Wildman–Crippen LogP) is 2.00. The Morgan fingerprint density at radius 3 is 2.80 bits per heavy atom. The summed E-state index contributed by atoms with van der Waals surface area (Å²) in [5.74, 6) is -1.04. The number of aromatic nitrogens is 2. The number of amides is 1. The second-order valence-corrected chi connectivity index (χ2v) is 6.22. The Labute approximate surface area is 145 Å². The van der Waals surface area contributed by atoms with Gasteiger partial charge in [0.25, 0.3) is 0 Å². The Morgan fingerprint density at radius 2 is 2.16 bits per heavy atom. The number of ether oxygens (including phenoxy) is 1. The van der Waals surface area contributed by atoms with Gasteiger partial charge in [0, 0.05) is 19.3 Å². The summed E-state index contributed by atoms with van der Waals surface area (Å²) in [4.78, 5) is 23.3. The number of carboxylic acid groups (broad SMARTS) is 1. The van der Waals surface area contributed by atoms with Crippen LogP contribution in [0.5, 0.6) is 0 Å². The molecule has 1 aliphatic carbocycles. The number of nitrogens with zero attached hydrogens (tertiary/aromatic N) is 2. The van der Waals surface area contributed by atoms with Crippen molar-refractivity contribution in [2.24, 2.45) is 5.41 Å². The van der Waals surface area contributed by atoms with Gasteiger partial charge >= 0.3 is 5.97 Å². The summed E-state index contributed by atoms with van der Waals surface area (Å²) in [6.45, 7) is 3.41. The number of rotatable bonds is 8. The Morgan fingerprint density at radius 1 is 1.36 bits per heavy atom. The fourth-order valence-corrected chi connectivity index (χ4v) is 2.65. The Bertz CT molecular complexity index is 780. The van der Waals surface area contributed by atoms with Gasteiger partial charge in [0.1, 0.15) is 0 Å². The highest BCUT2D eigenvalue weighted by Gasteiger charge is 2.49. The molecule has 25 heavy (non-hydrogen) atoms. The van der Waals surface area contributed by atoms with Crippen LogP contribution in [0.15, 0.2) is 36.5 Å². The molecule has 1 aliphatic rings. The van der Waals surface area contributed by atoms with Gasteiger partial charge in [-0.05, 0) is 43.5 Å². The summed E-state index contributed by atoms with van der Waals surface area (Å²) in [6, 6.07) is 8.92. The Kier molecular flexibility index (Phi) is 4.85. The number of aromatic carboxylic acids is 1. The van der Waals surface area contributed by atoms with Crippen LogP contribution < -0.4 is 5.32 Å². The van der Waals surface area contributed by atoms with Gasteiger partial charge in [0.2, 0.25) is 5.91 Å². The minimum atomic E-state index is -1.06. The molecule has 2 N–H and O–H groups in total. The summed E-state index contributed by atoms with van der Waals surface area (Å²) < 4.78 is 6.92. The zero-order valence-corrected chi connectivity index (χ0v) is 14.1. The number of carbonyl (C=O) groups is 2. The number of carboxylic acids is 1. The molecule has 1 amide bonds. The first-order chi connectivity index (χ1) is 12.0. The van der Waals surface area contributed by atoms with Crippen molar-refractivity contribution in [3.63, 3.8) is 0 Å². The second kappa shape index (κ2) is 7.06. The molecule has 0 saturated heterocycles. The van der Waals surface area contributed by atoms with Crippen LogP contribution in [0.2, 0.25) is 0 Å². The highest BCUT2D eigenvalue weighted by molar-refractivity contribution is 5.85. The molecule has 0 radical (unpaired) electrons. The van der Waals surface area contributed by atoms with Crippen molar-refractivity contribution >= 4 is 11.9 Å². The van der Waals surface area contributed by atoms with E-state index in [1.165, 1.54) is 10.7 Å². The van der Waals surface area contributed by atoms with E-state index in [1.54, 1.807) is 6.20 Å². The van der Waals surface area contributed by atoms with Gasteiger partial charge in [-0.15, -0.1) is 0 Å². The summed E-state index contributed by atoms with van der Waals surface area (Å²) >= 11 is 0. The third-order valence-corrected chi connectivity index (χ3v) is 4.35. The van der Waals surface area contributed by atoms with Gasteiger partial charge in [0.05, 0.1) is 17.7 Å². The van der Waals surface area contributed by atoms with Crippen molar-refractivity contribution in [3.05, 3.63) is 47.8 Å². The van der Waals surface area contributed by atoms with Gasteiger partial charge in [-0.25, -0.2) is 9.48 Å². The lowest BCUT2D eigenvalue weighted by Gasteiger charge is -2.15. The van der Waals surface area contributed by atoms with Crippen LogP contribution in [-0.2, 0) is 16.1 Å². The van der Waals surface area contributed by atoms with E-state index in [1.807, 2.05) is 31.2 Å². The van der Waals surface area contributed by atoms with Crippen LogP contribution in [-0.4, -0.2) is 40.0 Å². The van der Waals surface area contributed by atoms with Gasteiger partial charge in [-0.3, -0.25) is 4.79 Å². The van der Waals surface area contributed by atoms with Crippen LogP contribution in [0.1, 0.15) is 35.8 Å². The molecule has 0 spiro atoms. The zero-order valence-electron chi connectivity index (χ0n) is 14.1. The van der Waals surface area contributed by atoms with Gasteiger partial charge in [-0.1, -0.05) is 12.1 Å². The predicted molar refractivity (Wildman–Crippen MR) is 90.5 cm³/mol. The molecule has 0 unspecified atom stereocenters. The lowest BCUT2D eigenvalue weighted by atomic mass is 10.1. The second-order valence-electron chi connectivity index (χ2n) is 6.22. The first-order valence-electron chi connectivity index (χ1n) is 8.28. The first-order valence-corrected chi connectivity index (χ1v) is 8.28. The normalized spacial score (nSPS) is 14.9. The van der Waals surface area contributed by atoms with E-state index in [9.17, 15) is 9.59 Å². The average molecular weight is 343 g/mol. The fraction of sp³-hybridized carbons (Fsp3) is 0.389. The maximum atomic E-state index is 12.4. The van der Waals surface area contributed by atoms with Crippen LogP contribution in [0.4, 0.5) is 0 Å². The minimum Gasteiger partial charge on any atom is -0.476 e. The van der Waals surface area contributed by atoms with Crippen LogP contribution in [0.3, 0.4) is 0 Å². The van der Waals surface area contributed by atoms with Crippen LogP contribution >= 0.6 is 0 Å². The van der Waals surface area contributed by atoms with Crippen molar-refractivity contribution in [1.29, 1.82) is 0 Å². The maximum Gasteiger partial charge on any atom is 0.356 e. The number of benzene rings is 1. The fourth-order valence-electron chi connectivity index (χ4n) is 2.65. The van der Waals surface area contributed by atoms with Crippen molar-refractivity contribution in [2.45, 2.75) is 26.3 Å². The number of nitrogens with one attached hydrogen (secondary N) is 1. The molecule has 1 aromatic carbocycles. The molecule has 2 aromatic rings. The van der Waals surface area contributed by atoms with E-state index < -0.39 is 5.97 Å². The van der Waals surface area contributed by atoms with Crippen LogP contribution in [0.25, 0.3) is 5.69 Å². The lowest BCUT2D eigenvalue weighted by molar-refractivity contribution is -0.128. The van der Waals surface area contributed by atoms with E-state index in [0.29, 0.717) is 19.8 Å². The van der Waals surface area contributed by atoms with Gasteiger partial charge in [-0.2, -0.15) is 5.10 Å². The molecule has 7 nitrogen and oxygen atoms in total. The highest BCUT2D eigenvalue weighted by Crippen LogP contribution is 2.46. The lowest BCUT2D eigenvalue weighted by Crippen LogP contribution is -2.34. The summed E-state index contributed by atoms with van der Waals surface area (Å²) in [6.07, 6.45) is 3.33. The molecule has 0 aliphatic heterocycles. The van der Waals surface area contributed by atoms with Gasteiger partial charge in [0.15, 0.2) is 5.69 Å². The Hall–Kier alpha value is -2.67. The van der Waals surface area contributed by atoms with E-state index in [4.69, 9.17) is 9.84 Å². The van der Waals surface area contributed by atoms with Crippen LogP contribution in [0, 0.1) is 5.41 Å². The number of carbonyl (C=O) groups excluding carboxylic acids is 1. The molecule has 0 bridgehead atoms. The molecule has 1 saturated carbocycles. The van der Waals surface area contributed by atoms with Gasteiger partial charge < -0.3 is 15.2 Å². The van der Waals surface area contributed by atoms with Crippen molar-refractivity contribution < 1.29 is 19.4 Å². The maximum absolute atomic E-state index is 12.4. The van der Waals surface area contributed by atoms with E-state index >= 15 is 0 Å². The minimum absolute atomic E-state index is 0.00898. The summed E-state index contributed by atoms with van der Waals surface area (Å²) in [5, 5.41) is 15.9. The first kappa shape index (κ1) is 17.2. The van der Waals surface area contributed by atoms with Crippen molar-refractivity contribution in [1.82, 2.24) is 15.1 Å². The largest absolute Gasteiger partial charge is 0.476 e. The monoisotopic (exact) mass is 343 g/mol. The summed E-state index contributed by atoms with van der Waals surface area (Å²) in [7, 11) is 0. The van der Waals surface area contributed by atoms with Crippen molar-refractivity contribution in [2.75, 3.05) is 13.2 Å². The molecule has 3 rings (SSSR count). The number of hydrogen-bond acceptors (Lipinski definition) is 4. The van der Waals surface area contributed by atoms with E-state index in [0.717, 1.165) is 24.1 Å². The number of hydrogen-bond donors (Lipinski definition) is 2. The summed E-state index contributed by atoms with van der Waals surface area (Å²) in [5.41, 5.74) is 1.30. The molecular formula is C18H21N3O4. The molecule has 132 valence electrons. The SMILES string of the molecule is CCOCC1(C(=O)NCc2cccc(-n3ccc(C(=O)O)n3)c2)CC1. The molecule has 1 fully saturated rings. The van der Waals surface area contributed by atoms with E-state index in [2.05, 4.69) is 10.4 Å². The zero-order chi connectivity index (χ0) is 17.9. The molecular weight excluding hydrogens is 322 g/mol. The molecule has 1 heterocycles. The Balaban J connectivity index is 1.64. The topological polar surface area (TPSA) is 93.5 Å². The third-order valence-electron chi connectivity index (χ3n) is 4.35.